The standard InChI is InChI=1S/C15H21FO4/c1-10-13(19-9-11-7-5-4-6-8-11)14(17-2)12(16)15(18-3)20-10/h4-8,10,12-15H,9H2,1-3H3/t10-,12-,13+,14-,15+/m1/s1. The van der Waals surface area contributed by atoms with Crippen LogP contribution in [-0.2, 0) is 25.6 Å². The van der Waals surface area contributed by atoms with E-state index in [1.807, 2.05) is 37.3 Å². The Morgan fingerprint density at radius 3 is 2.40 bits per heavy atom. The highest BCUT2D eigenvalue weighted by molar-refractivity contribution is 5.13. The van der Waals surface area contributed by atoms with Crippen molar-refractivity contribution in [3.05, 3.63) is 35.9 Å². The molecule has 20 heavy (non-hydrogen) atoms. The number of benzene rings is 1. The molecule has 1 aromatic rings. The third-order valence-electron chi connectivity index (χ3n) is 3.50. The molecule has 0 spiro atoms. The Labute approximate surface area is 118 Å². The Morgan fingerprint density at radius 1 is 1.10 bits per heavy atom. The van der Waals surface area contributed by atoms with Crippen LogP contribution < -0.4 is 0 Å². The molecule has 4 nitrogen and oxygen atoms in total. The van der Waals surface area contributed by atoms with Crippen molar-refractivity contribution in [2.75, 3.05) is 14.2 Å². The average molecular weight is 284 g/mol. The predicted octanol–water partition coefficient (Wildman–Crippen LogP) is 2.32. The summed E-state index contributed by atoms with van der Waals surface area (Å²) < 4.78 is 35.7. The summed E-state index contributed by atoms with van der Waals surface area (Å²) in [6.45, 7) is 2.23. The molecule has 0 radical (unpaired) electrons. The zero-order chi connectivity index (χ0) is 14.5. The smallest absolute Gasteiger partial charge is 0.191 e. The van der Waals surface area contributed by atoms with Crippen LogP contribution in [0.15, 0.2) is 30.3 Å². The van der Waals surface area contributed by atoms with Gasteiger partial charge in [-0.25, -0.2) is 4.39 Å². The van der Waals surface area contributed by atoms with Crippen LogP contribution in [-0.4, -0.2) is 45.0 Å². The molecule has 0 unspecified atom stereocenters. The molecule has 5 atom stereocenters. The van der Waals surface area contributed by atoms with Gasteiger partial charge in [-0.15, -0.1) is 0 Å². The molecule has 1 heterocycles. The van der Waals surface area contributed by atoms with E-state index < -0.39 is 24.7 Å². The summed E-state index contributed by atoms with van der Waals surface area (Å²) in [7, 11) is 2.89. The van der Waals surface area contributed by atoms with E-state index >= 15 is 0 Å². The number of rotatable bonds is 5. The largest absolute Gasteiger partial charge is 0.375 e. The molecule has 2 rings (SSSR count). The molecule has 1 aliphatic rings. The van der Waals surface area contributed by atoms with Gasteiger partial charge in [0.05, 0.1) is 12.7 Å². The fourth-order valence-electron chi connectivity index (χ4n) is 2.41. The number of halogens is 1. The molecule has 0 aliphatic carbocycles. The fourth-order valence-corrected chi connectivity index (χ4v) is 2.41. The average Bonchev–Trinajstić information content (AvgIpc) is 2.48. The lowest BCUT2D eigenvalue weighted by atomic mass is 10.0. The zero-order valence-electron chi connectivity index (χ0n) is 12.0. The maximum Gasteiger partial charge on any atom is 0.191 e. The van der Waals surface area contributed by atoms with Gasteiger partial charge in [-0.1, -0.05) is 30.3 Å². The summed E-state index contributed by atoms with van der Waals surface area (Å²) in [6.07, 6.45) is -3.76. The minimum Gasteiger partial charge on any atom is -0.375 e. The van der Waals surface area contributed by atoms with Gasteiger partial charge >= 0.3 is 0 Å². The molecule has 1 aliphatic heterocycles. The van der Waals surface area contributed by atoms with Crippen molar-refractivity contribution in [3.8, 4) is 0 Å². The highest BCUT2D eigenvalue weighted by atomic mass is 19.1. The van der Waals surface area contributed by atoms with E-state index in [0.29, 0.717) is 6.61 Å². The van der Waals surface area contributed by atoms with Gasteiger partial charge in [-0.2, -0.15) is 0 Å². The molecule has 0 amide bonds. The van der Waals surface area contributed by atoms with Crippen LogP contribution in [0.3, 0.4) is 0 Å². The van der Waals surface area contributed by atoms with E-state index in [2.05, 4.69) is 0 Å². The molecule has 0 saturated carbocycles. The van der Waals surface area contributed by atoms with Gasteiger partial charge in [-0.3, -0.25) is 0 Å². The van der Waals surface area contributed by atoms with Gasteiger partial charge in [0.2, 0.25) is 0 Å². The van der Waals surface area contributed by atoms with Crippen LogP contribution in [0, 0.1) is 0 Å². The summed E-state index contributed by atoms with van der Waals surface area (Å²) in [4.78, 5) is 0. The van der Waals surface area contributed by atoms with E-state index in [-0.39, 0.29) is 6.10 Å². The number of methoxy groups -OCH3 is 2. The Balaban J connectivity index is 2.01. The molecule has 112 valence electrons. The Bertz CT molecular complexity index is 400. The second-order valence-corrected chi connectivity index (χ2v) is 4.85. The lowest BCUT2D eigenvalue weighted by Gasteiger charge is -2.41. The molecule has 0 N–H and O–H groups in total. The maximum absolute atomic E-state index is 14.2. The summed E-state index contributed by atoms with van der Waals surface area (Å²) >= 11 is 0. The van der Waals surface area contributed by atoms with Gasteiger partial charge in [0.1, 0.15) is 12.2 Å². The van der Waals surface area contributed by atoms with Gasteiger partial charge in [0.25, 0.3) is 0 Å². The van der Waals surface area contributed by atoms with Gasteiger partial charge in [0.15, 0.2) is 12.5 Å². The van der Waals surface area contributed by atoms with Crippen molar-refractivity contribution in [2.24, 2.45) is 0 Å². The lowest BCUT2D eigenvalue weighted by Crippen LogP contribution is -2.57. The molecule has 1 aromatic carbocycles. The van der Waals surface area contributed by atoms with Crippen molar-refractivity contribution in [3.63, 3.8) is 0 Å². The van der Waals surface area contributed by atoms with Crippen LogP contribution in [0.25, 0.3) is 0 Å². The van der Waals surface area contributed by atoms with Crippen molar-refractivity contribution >= 4 is 0 Å². The first-order valence-corrected chi connectivity index (χ1v) is 6.68. The molecular formula is C15H21FO4. The second kappa shape index (κ2) is 7.13. The summed E-state index contributed by atoms with van der Waals surface area (Å²) in [5.41, 5.74) is 1.03. The highest BCUT2D eigenvalue weighted by Crippen LogP contribution is 2.28. The van der Waals surface area contributed by atoms with E-state index in [9.17, 15) is 4.39 Å². The third kappa shape index (κ3) is 3.35. The molecule has 1 saturated heterocycles. The summed E-state index contributed by atoms with van der Waals surface area (Å²) in [5.74, 6) is 0. The van der Waals surface area contributed by atoms with E-state index in [1.165, 1.54) is 14.2 Å². The van der Waals surface area contributed by atoms with Crippen molar-refractivity contribution in [1.82, 2.24) is 0 Å². The quantitative estimate of drug-likeness (QED) is 0.831. The molecular weight excluding hydrogens is 263 g/mol. The van der Waals surface area contributed by atoms with Crippen LogP contribution in [0.2, 0.25) is 0 Å². The van der Waals surface area contributed by atoms with Crippen LogP contribution in [0.1, 0.15) is 12.5 Å². The van der Waals surface area contributed by atoms with Crippen molar-refractivity contribution < 1.29 is 23.3 Å². The Morgan fingerprint density at radius 2 is 1.80 bits per heavy atom. The van der Waals surface area contributed by atoms with E-state index in [1.54, 1.807) is 0 Å². The first-order chi connectivity index (χ1) is 9.67. The fraction of sp³-hybridized carbons (Fsp3) is 0.600. The van der Waals surface area contributed by atoms with Gasteiger partial charge in [0, 0.05) is 14.2 Å². The van der Waals surface area contributed by atoms with E-state index in [4.69, 9.17) is 18.9 Å². The van der Waals surface area contributed by atoms with Gasteiger partial charge in [-0.05, 0) is 12.5 Å². The SMILES string of the molecule is CO[C@H]1O[C@H](C)[C@H](OCc2ccccc2)[C@H](OC)[C@H]1F. The van der Waals surface area contributed by atoms with Crippen molar-refractivity contribution in [2.45, 2.75) is 44.3 Å². The number of ether oxygens (including phenoxy) is 4. The van der Waals surface area contributed by atoms with Gasteiger partial charge < -0.3 is 18.9 Å². The van der Waals surface area contributed by atoms with Crippen LogP contribution in [0.5, 0.6) is 0 Å². The Hall–Kier alpha value is -1.01. The van der Waals surface area contributed by atoms with E-state index in [0.717, 1.165) is 5.56 Å². The summed E-state index contributed by atoms with van der Waals surface area (Å²) in [6, 6.07) is 9.73. The second-order valence-electron chi connectivity index (χ2n) is 4.85. The first kappa shape index (κ1) is 15.4. The monoisotopic (exact) mass is 284 g/mol. The molecule has 0 aromatic heterocycles. The third-order valence-corrected chi connectivity index (χ3v) is 3.50. The zero-order valence-corrected chi connectivity index (χ0v) is 12.0. The maximum atomic E-state index is 14.2. The number of alkyl halides is 1. The highest BCUT2D eigenvalue weighted by Gasteiger charge is 2.46. The lowest BCUT2D eigenvalue weighted by molar-refractivity contribution is -0.284. The van der Waals surface area contributed by atoms with Crippen molar-refractivity contribution in [1.29, 1.82) is 0 Å². The number of hydrogen-bond donors (Lipinski definition) is 0. The molecule has 0 bridgehead atoms. The predicted molar refractivity (Wildman–Crippen MR) is 72.1 cm³/mol. The normalized spacial score (nSPS) is 34.1. The van der Waals surface area contributed by atoms with Crippen LogP contribution in [0.4, 0.5) is 4.39 Å². The summed E-state index contributed by atoms with van der Waals surface area (Å²) in [5, 5.41) is 0. The minimum atomic E-state index is -1.37. The topological polar surface area (TPSA) is 36.9 Å². The molecule has 5 heteroatoms. The Kier molecular flexibility index (Phi) is 5.48. The van der Waals surface area contributed by atoms with Crippen LogP contribution >= 0.6 is 0 Å². The first-order valence-electron chi connectivity index (χ1n) is 6.68. The minimum absolute atomic E-state index is 0.305. The molecule has 1 fully saturated rings. The number of hydrogen-bond acceptors (Lipinski definition) is 4.